The van der Waals surface area contributed by atoms with Crippen LogP contribution < -0.4 is 0 Å². The van der Waals surface area contributed by atoms with Gasteiger partial charge in [0.2, 0.25) is 5.91 Å². The molecule has 0 aromatic heterocycles. The first-order valence-electron chi connectivity index (χ1n) is 5.29. The Bertz CT molecular complexity index is 261. The van der Waals surface area contributed by atoms with E-state index in [1.165, 1.54) is 0 Å². The van der Waals surface area contributed by atoms with Crippen molar-refractivity contribution >= 4 is 5.91 Å². The molecule has 0 aliphatic carbocycles. The second-order valence-electron chi connectivity index (χ2n) is 5.29. The van der Waals surface area contributed by atoms with Crippen LogP contribution in [0, 0.1) is 5.92 Å². The van der Waals surface area contributed by atoms with Crippen LogP contribution in [0.25, 0.3) is 0 Å². The van der Waals surface area contributed by atoms with Gasteiger partial charge in [-0.05, 0) is 40.0 Å². The molecule has 80 valence electrons. The fraction of sp³-hybridized carbons (Fsp3) is 0.750. The van der Waals surface area contributed by atoms with Gasteiger partial charge in [0.05, 0.1) is 0 Å². The Balaban J connectivity index is 2.78. The highest BCUT2D eigenvalue weighted by Crippen LogP contribution is 2.32. The van der Waals surface area contributed by atoms with E-state index in [0.717, 1.165) is 18.5 Å². The molecular formula is C12H21NO. The number of hydrogen-bond acceptors (Lipinski definition) is 1. The summed E-state index contributed by atoms with van der Waals surface area (Å²) in [5.41, 5.74) is 1.10. The SMILES string of the molecule is CC(C)=CC(=O)N1CC(C)CC1(C)C. The van der Waals surface area contributed by atoms with E-state index in [1.807, 2.05) is 18.7 Å². The lowest BCUT2D eigenvalue weighted by Crippen LogP contribution is -2.41. The van der Waals surface area contributed by atoms with Gasteiger partial charge in [-0.3, -0.25) is 4.79 Å². The molecular weight excluding hydrogens is 174 g/mol. The van der Waals surface area contributed by atoms with E-state index >= 15 is 0 Å². The summed E-state index contributed by atoms with van der Waals surface area (Å²) in [5, 5.41) is 0. The van der Waals surface area contributed by atoms with E-state index in [4.69, 9.17) is 0 Å². The van der Waals surface area contributed by atoms with Crippen LogP contribution >= 0.6 is 0 Å². The largest absolute Gasteiger partial charge is 0.334 e. The summed E-state index contributed by atoms with van der Waals surface area (Å²) >= 11 is 0. The van der Waals surface area contributed by atoms with Crippen molar-refractivity contribution in [3.63, 3.8) is 0 Å². The van der Waals surface area contributed by atoms with Gasteiger partial charge in [-0.2, -0.15) is 0 Å². The van der Waals surface area contributed by atoms with E-state index < -0.39 is 0 Å². The van der Waals surface area contributed by atoms with Gasteiger partial charge >= 0.3 is 0 Å². The van der Waals surface area contributed by atoms with E-state index in [-0.39, 0.29) is 11.4 Å². The second kappa shape index (κ2) is 3.76. The first kappa shape index (κ1) is 11.3. The normalized spacial score (nSPS) is 24.9. The van der Waals surface area contributed by atoms with Crippen molar-refractivity contribution in [2.24, 2.45) is 5.92 Å². The third-order valence-corrected chi connectivity index (χ3v) is 2.75. The zero-order chi connectivity index (χ0) is 10.9. The fourth-order valence-electron chi connectivity index (χ4n) is 2.30. The second-order valence-corrected chi connectivity index (χ2v) is 5.29. The summed E-state index contributed by atoms with van der Waals surface area (Å²) in [7, 11) is 0. The third kappa shape index (κ3) is 2.37. The molecule has 1 unspecified atom stereocenters. The van der Waals surface area contributed by atoms with Crippen LogP contribution in [0.4, 0.5) is 0 Å². The minimum Gasteiger partial charge on any atom is -0.334 e. The number of rotatable bonds is 1. The standard InChI is InChI=1S/C12H21NO/c1-9(2)6-11(14)13-8-10(3)7-12(13,4)5/h6,10H,7-8H2,1-5H3. The maximum absolute atomic E-state index is 11.9. The molecule has 0 N–H and O–H groups in total. The lowest BCUT2D eigenvalue weighted by Gasteiger charge is -2.30. The summed E-state index contributed by atoms with van der Waals surface area (Å²) in [4.78, 5) is 13.9. The van der Waals surface area contributed by atoms with Crippen LogP contribution in [-0.4, -0.2) is 22.9 Å². The van der Waals surface area contributed by atoms with Crippen LogP contribution in [-0.2, 0) is 4.79 Å². The Labute approximate surface area is 87.0 Å². The molecule has 0 aromatic carbocycles. The van der Waals surface area contributed by atoms with Crippen molar-refractivity contribution in [1.82, 2.24) is 4.90 Å². The van der Waals surface area contributed by atoms with Gasteiger partial charge < -0.3 is 4.90 Å². The lowest BCUT2D eigenvalue weighted by molar-refractivity contribution is -0.129. The van der Waals surface area contributed by atoms with Crippen LogP contribution in [0.1, 0.15) is 41.0 Å². The molecule has 1 heterocycles. The monoisotopic (exact) mass is 195 g/mol. The molecule has 14 heavy (non-hydrogen) atoms. The van der Waals surface area contributed by atoms with Gasteiger partial charge in [0.25, 0.3) is 0 Å². The molecule has 0 bridgehead atoms. The molecule has 0 saturated carbocycles. The van der Waals surface area contributed by atoms with E-state index in [1.54, 1.807) is 6.08 Å². The van der Waals surface area contributed by atoms with Crippen LogP contribution in [0.5, 0.6) is 0 Å². The molecule has 2 nitrogen and oxygen atoms in total. The quantitative estimate of drug-likeness (QED) is 0.589. The first-order valence-corrected chi connectivity index (χ1v) is 5.29. The van der Waals surface area contributed by atoms with Gasteiger partial charge in [-0.15, -0.1) is 0 Å². The zero-order valence-corrected chi connectivity index (χ0v) is 9.92. The van der Waals surface area contributed by atoms with Crippen molar-refractivity contribution in [2.75, 3.05) is 6.54 Å². The molecule has 1 fully saturated rings. The number of nitrogens with zero attached hydrogens (tertiary/aromatic N) is 1. The Morgan fingerprint density at radius 1 is 1.43 bits per heavy atom. The summed E-state index contributed by atoms with van der Waals surface area (Å²) in [6.07, 6.45) is 2.84. The maximum atomic E-state index is 11.9. The molecule has 1 atom stereocenters. The van der Waals surface area contributed by atoms with E-state index in [9.17, 15) is 4.79 Å². The molecule has 0 aromatic rings. The average molecular weight is 195 g/mol. The first-order chi connectivity index (χ1) is 6.33. The molecule has 1 amide bonds. The third-order valence-electron chi connectivity index (χ3n) is 2.75. The Hall–Kier alpha value is -0.790. The van der Waals surface area contributed by atoms with Crippen molar-refractivity contribution in [3.05, 3.63) is 11.6 Å². The minimum atomic E-state index is 0.0302. The topological polar surface area (TPSA) is 20.3 Å². The molecule has 1 rings (SSSR count). The Morgan fingerprint density at radius 3 is 2.36 bits per heavy atom. The molecule has 2 heteroatoms. The number of amides is 1. The number of hydrogen-bond donors (Lipinski definition) is 0. The number of carbonyl (C=O) groups excluding carboxylic acids is 1. The van der Waals surface area contributed by atoms with Crippen LogP contribution in [0.2, 0.25) is 0 Å². The predicted octanol–water partition coefficient (Wildman–Crippen LogP) is 2.60. The van der Waals surface area contributed by atoms with Gasteiger partial charge in [-0.1, -0.05) is 12.5 Å². The maximum Gasteiger partial charge on any atom is 0.246 e. The smallest absolute Gasteiger partial charge is 0.246 e. The summed E-state index contributed by atoms with van der Waals surface area (Å²) in [6.45, 7) is 11.3. The number of allylic oxidation sites excluding steroid dienone is 1. The highest BCUT2D eigenvalue weighted by atomic mass is 16.2. The summed E-state index contributed by atoms with van der Waals surface area (Å²) < 4.78 is 0. The van der Waals surface area contributed by atoms with Crippen molar-refractivity contribution in [3.8, 4) is 0 Å². The Morgan fingerprint density at radius 2 is 2.00 bits per heavy atom. The highest BCUT2D eigenvalue weighted by Gasteiger charge is 2.38. The van der Waals surface area contributed by atoms with Crippen molar-refractivity contribution in [1.29, 1.82) is 0 Å². The molecule has 0 radical (unpaired) electrons. The summed E-state index contributed by atoms with van der Waals surface area (Å²) in [6, 6.07) is 0. The molecule has 1 saturated heterocycles. The van der Waals surface area contributed by atoms with E-state index in [2.05, 4.69) is 20.8 Å². The van der Waals surface area contributed by atoms with Crippen LogP contribution in [0.15, 0.2) is 11.6 Å². The molecule has 0 spiro atoms. The van der Waals surface area contributed by atoms with Crippen molar-refractivity contribution in [2.45, 2.75) is 46.6 Å². The highest BCUT2D eigenvalue weighted by molar-refractivity contribution is 5.89. The molecule has 1 aliphatic rings. The lowest BCUT2D eigenvalue weighted by atomic mass is 9.97. The zero-order valence-electron chi connectivity index (χ0n) is 9.92. The summed E-state index contributed by atoms with van der Waals surface area (Å²) in [5.74, 6) is 0.791. The van der Waals surface area contributed by atoms with Crippen molar-refractivity contribution < 1.29 is 4.79 Å². The van der Waals surface area contributed by atoms with Gasteiger partial charge in [0.1, 0.15) is 0 Å². The van der Waals surface area contributed by atoms with E-state index in [0.29, 0.717) is 5.92 Å². The number of likely N-dealkylation sites (tertiary alicyclic amines) is 1. The van der Waals surface area contributed by atoms with Gasteiger partial charge in [-0.25, -0.2) is 0 Å². The minimum absolute atomic E-state index is 0.0302. The molecule has 1 aliphatic heterocycles. The van der Waals surface area contributed by atoms with Crippen LogP contribution in [0.3, 0.4) is 0 Å². The predicted molar refractivity (Wildman–Crippen MR) is 59.0 cm³/mol. The fourth-order valence-corrected chi connectivity index (χ4v) is 2.30. The number of carbonyl (C=O) groups is 1. The average Bonchev–Trinajstić information content (AvgIpc) is 2.22. The Kier molecular flexibility index (Phi) is 3.03. The van der Waals surface area contributed by atoms with Gasteiger partial charge in [0.15, 0.2) is 0 Å². The van der Waals surface area contributed by atoms with Gasteiger partial charge in [0, 0.05) is 18.2 Å².